The molecule has 0 bridgehead atoms. The maximum Gasteiger partial charge on any atom is 0.336 e. The number of carboxylic acid groups (broad SMARTS) is 1. The summed E-state index contributed by atoms with van der Waals surface area (Å²) < 4.78 is 5.96. The zero-order chi connectivity index (χ0) is 18.8. The van der Waals surface area contributed by atoms with Crippen molar-refractivity contribution in [2.45, 2.75) is 32.2 Å². The van der Waals surface area contributed by atoms with Gasteiger partial charge >= 0.3 is 5.97 Å². The standard InChI is InChI=1S/C21H22N2O3S/c1-14-13-27-20(22-14)15-8-10-23(11-9-15)12-16-6-7-19(26-16)17-4-2-3-5-18(17)21(24)25/h2-7,13,15H,8-12H2,1H3,(H,24,25). The predicted octanol–water partition coefficient (Wildman–Crippen LogP) is 4.79. The summed E-state index contributed by atoms with van der Waals surface area (Å²) in [5.41, 5.74) is 1.99. The molecule has 0 radical (unpaired) electrons. The number of hydrogen-bond acceptors (Lipinski definition) is 5. The quantitative estimate of drug-likeness (QED) is 0.687. The molecular weight excluding hydrogens is 360 g/mol. The molecule has 0 saturated carbocycles. The molecule has 1 aliphatic rings. The lowest BCUT2D eigenvalue weighted by molar-refractivity contribution is 0.0697. The summed E-state index contributed by atoms with van der Waals surface area (Å²) in [5, 5.41) is 12.7. The lowest BCUT2D eigenvalue weighted by Crippen LogP contribution is -2.32. The number of benzene rings is 1. The minimum absolute atomic E-state index is 0.262. The van der Waals surface area contributed by atoms with Gasteiger partial charge in [-0.05, 0) is 51.1 Å². The molecule has 0 spiro atoms. The third-order valence-electron chi connectivity index (χ3n) is 5.04. The lowest BCUT2D eigenvalue weighted by atomic mass is 9.97. The van der Waals surface area contributed by atoms with Crippen LogP contribution in [0.1, 0.15) is 45.6 Å². The topological polar surface area (TPSA) is 66.6 Å². The zero-order valence-electron chi connectivity index (χ0n) is 15.2. The fourth-order valence-corrected chi connectivity index (χ4v) is 4.58. The van der Waals surface area contributed by atoms with E-state index in [1.807, 2.05) is 25.1 Å². The van der Waals surface area contributed by atoms with Gasteiger partial charge in [0.1, 0.15) is 11.5 Å². The van der Waals surface area contributed by atoms with Crippen LogP contribution in [0.3, 0.4) is 0 Å². The van der Waals surface area contributed by atoms with Crippen molar-refractivity contribution in [1.82, 2.24) is 9.88 Å². The Balaban J connectivity index is 1.40. The number of furan rings is 1. The molecule has 1 aromatic carbocycles. The molecule has 1 aliphatic heterocycles. The summed E-state index contributed by atoms with van der Waals surface area (Å²) in [6.07, 6.45) is 2.23. The van der Waals surface area contributed by atoms with E-state index in [1.165, 1.54) is 5.01 Å². The minimum atomic E-state index is -0.942. The van der Waals surface area contributed by atoms with Crippen LogP contribution < -0.4 is 0 Å². The van der Waals surface area contributed by atoms with Crippen molar-refractivity contribution in [3.8, 4) is 11.3 Å². The van der Waals surface area contributed by atoms with Crippen molar-refractivity contribution in [3.63, 3.8) is 0 Å². The Kier molecular flexibility index (Phi) is 5.09. The molecule has 3 aromatic rings. The molecule has 5 nitrogen and oxygen atoms in total. The Labute approximate surface area is 162 Å². The molecule has 1 N–H and O–H groups in total. The van der Waals surface area contributed by atoms with Crippen LogP contribution in [-0.2, 0) is 6.54 Å². The highest BCUT2D eigenvalue weighted by Gasteiger charge is 2.23. The highest BCUT2D eigenvalue weighted by molar-refractivity contribution is 7.09. The third-order valence-corrected chi connectivity index (χ3v) is 6.16. The number of rotatable bonds is 5. The lowest BCUT2D eigenvalue weighted by Gasteiger charge is -2.30. The van der Waals surface area contributed by atoms with Gasteiger partial charge in [-0.1, -0.05) is 18.2 Å². The average molecular weight is 382 g/mol. The first-order valence-corrected chi connectivity index (χ1v) is 10.0. The van der Waals surface area contributed by atoms with E-state index in [4.69, 9.17) is 4.42 Å². The summed E-state index contributed by atoms with van der Waals surface area (Å²) in [6, 6.07) is 10.8. The molecule has 27 heavy (non-hydrogen) atoms. The third kappa shape index (κ3) is 3.96. The van der Waals surface area contributed by atoms with Gasteiger partial charge in [0.15, 0.2) is 0 Å². The number of aromatic carboxylic acids is 1. The van der Waals surface area contributed by atoms with Crippen molar-refractivity contribution in [2.24, 2.45) is 0 Å². The Morgan fingerprint density at radius 2 is 2.04 bits per heavy atom. The van der Waals surface area contributed by atoms with Crippen molar-refractivity contribution in [3.05, 3.63) is 63.8 Å². The second-order valence-corrected chi connectivity index (χ2v) is 7.88. The number of piperidine rings is 1. The number of likely N-dealkylation sites (tertiary alicyclic amines) is 1. The van der Waals surface area contributed by atoms with Crippen molar-refractivity contribution < 1.29 is 14.3 Å². The van der Waals surface area contributed by atoms with E-state index in [0.29, 0.717) is 17.2 Å². The Morgan fingerprint density at radius 1 is 1.26 bits per heavy atom. The summed E-state index contributed by atoms with van der Waals surface area (Å²) in [6.45, 7) is 4.83. The molecule has 0 aliphatic carbocycles. The van der Waals surface area contributed by atoms with E-state index < -0.39 is 5.97 Å². The normalized spacial score (nSPS) is 15.9. The van der Waals surface area contributed by atoms with Crippen molar-refractivity contribution >= 4 is 17.3 Å². The van der Waals surface area contributed by atoms with Gasteiger partial charge in [0.2, 0.25) is 0 Å². The van der Waals surface area contributed by atoms with Gasteiger partial charge in [-0.3, -0.25) is 4.90 Å². The monoisotopic (exact) mass is 382 g/mol. The number of aromatic nitrogens is 1. The molecule has 6 heteroatoms. The van der Waals surface area contributed by atoms with E-state index >= 15 is 0 Å². The van der Waals surface area contributed by atoms with Crippen LogP contribution in [-0.4, -0.2) is 34.0 Å². The van der Waals surface area contributed by atoms with E-state index in [-0.39, 0.29) is 5.56 Å². The molecule has 1 fully saturated rings. The molecular formula is C21H22N2O3S. The van der Waals surface area contributed by atoms with Gasteiger partial charge in [0.25, 0.3) is 0 Å². The summed E-state index contributed by atoms with van der Waals surface area (Å²) >= 11 is 1.77. The molecule has 4 rings (SSSR count). The van der Waals surface area contributed by atoms with Gasteiger partial charge in [0, 0.05) is 22.6 Å². The maximum absolute atomic E-state index is 11.4. The molecule has 1 saturated heterocycles. The Morgan fingerprint density at radius 3 is 2.74 bits per heavy atom. The van der Waals surface area contributed by atoms with Crippen LogP contribution in [0.15, 0.2) is 46.2 Å². The fraction of sp³-hybridized carbons (Fsp3) is 0.333. The van der Waals surface area contributed by atoms with E-state index in [0.717, 1.165) is 43.9 Å². The number of thiazole rings is 1. The smallest absolute Gasteiger partial charge is 0.336 e. The van der Waals surface area contributed by atoms with E-state index in [9.17, 15) is 9.90 Å². The van der Waals surface area contributed by atoms with Crippen molar-refractivity contribution in [1.29, 1.82) is 0 Å². The molecule has 2 aromatic heterocycles. The van der Waals surface area contributed by atoms with Gasteiger partial charge in [-0.25, -0.2) is 9.78 Å². The number of hydrogen-bond donors (Lipinski definition) is 1. The molecule has 140 valence electrons. The van der Waals surface area contributed by atoms with Crippen LogP contribution in [0.25, 0.3) is 11.3 Å². The maximum atomic E-state index is 11.4. The summed E-state index contributed by atoms with van der Waals surface area (Å²) in [4.78, 5) is 18.4. The highest BCUT2D eigenvalue weighted by Crippen LogP contribution is 2.31. The fourth-order valence-electron chi connectivity index (χ4n) is 3.61. The number of carbonyl (C=O) groups is 1. The summed E-state index contributed by atoms with van der Waals surface area (Å²) in [7, 11) is 0. The Hall–Kier alpha value is -2.44. The second kappa shape index (κ2) is 7.66. The van der Waals surface area contributed by atoms with E-state index in [2.05, 4.69) is 15.3 Å². The first-order chi connectivity index (χ1) is 13.1. The first-order valence-electron chi connectivity index (χ1n) is 9.16. The number of carboxylic acids is 1. The predicted molar refractivity (Wildman–Crippen MR) is 105 cm³/mol. The van der Waals surface area contributed by atoms with Crippen LogP contribution in [0.4, 0.5) is 0 Å². The number of nitrogens with zero attached hydrogens (tertiary/aromatic N) is 2. The van der Waals surface area contributed by atoms with Crippen LogP contribution in [0, 0.1) is 6.92 Å². The first kappa shape index (κ1) is 17.9. The Bertz CT molecular complexity index is 938. The van der Waals surface area contributed by atoms with Gasteiger partial charge in [-0.15, -0.1) is 11.3 Å². The molecule has 0 amide bonds. The average Bonchev–Trinajstić information content (AvgIpc) is 3.31. The molecule has 0 atom stereocenters. The van der Waals surface area contributed by atoms with Crippen LogP contribution in [0.2, 0.25) is 0 Å². The van der Waals surface area contributed by atoms with Crippen LogP contribution >= 0.6 is 11.3 Å². The minimum Gasteiger partial charge on any atom is -0.478 e. The van der Waals surface area contributed by atoms with Gasteiger partial charge in [-0.2, -0.15) is 0 Å². The van der Waals surface area contributed by atoms with Crippen LogP contribution in [0.5, 0.6) is 0 Å². The molecule has 3 heterocycles. The second-order valence-electron chi connectivity index (χ2n) is 6.99. The largest absolute Gasteiger partial charge is 0.478 e. The SMILES string of the molecule is Cc1csc(C2CCN(Cc3ccc(-c4ccccc4C(=O)O)o3)CC2)n1. The van der Waals surface area contributed by atoms with E-state index in [1.54, 1.807) is 29.5 Å². The summed E-state index contributed by atoms with van der Waals surface area (Å²) in [5.74, 6) is 1.10. The molecule has 0 unspecified atom stereocenters. The van der Waals surface area contributed by atoms with Gasteiger partial charge < -0.3 is 9.52 Å². The van der Waals surface area contributed by atoms with Gasteiger partial charge in [0.05, 0.1) is 17.1 Å². The zero-order valence-corrected chi connectivity index (χ0v) is 16.0. The highest BCUT2D eigenvalue weighted by atomic mass is 32.1. The number of aryl methyl sites for hydroxylation is 1. The van der Waals surface area contributed by atoms with Crippen molar-refractivity contribution in [2.75, 3.05) is 13.1 Å².